The van der Waals surface area contributed by atoms with Gasteiger partial charge in [0.25, 0.3) is 10.0 Å². The Hall–Kier alpha value is -3.32. The molecule has 0 atom stereocenters. The van der Waals surface area contributed by atoms with E-state index in [1.54, 1.807) is 38.1 Å². The van der Waals surface area contributed by atoms with Crippen LogP contribution in [0.25, 0.3) is 0 Å². The normalized spacial score (nSPS) is 11.3. The molecular formula is C24H26N2O4S. The molecule has 0 spiro atoms. The van der Waals surface area contributed by atoms with Crippen LogP contribution < -0.4 is 10.0 Å². The number of ether oxygens (including phenoxy) is 1. The second-order valence-corrected chi connectivity index (χ2v) is 9.28. The van der Waals surface area contributed by atoms with Crippen molar-refractivity contribution in [3.63, 3.8) is 0 Å². The number of anilines is 3. The van der Waals surface area contributed by atoms with Gasteiger partial charge < -0.3 is 10.1 Å². The molecule has 3 aromatic carbocycles. The highest BCUT2D eigenvalue weighted by molar-refractivity contribution is 7.92. The lowest BCUT2D eigenvalue weighted by Crippen LogP contribution is -2.17. The average Bonchev–Trinajstić information content (AvgIpc) is 2.71. The Kier molecular flexibility index (Phi) is 6.65. The fourth-order valence-electron chi connectivity index (χ4n) is 2.88. The maximum absolute atomic E-state index is 13.2. The van der Waals surface area contributed by atoms with Crippen LogP contribution in [0.4, 0.5) is 17.1 Å². The summed E-state index contributed by atoms with van der Waals surface area (Å²) in [5.41, 5.74) is 3.78. The zero-order chi connectivity index (χ0) is 22.6. The van der Waals surface area contributed by atoms with Gasteiger partial charge in [0, 0.05) is 11.4 Å². The molecule has 0 fully saturated rings. The lowest BCUT2D eigenvalue weighted by Gasteiger charge is -2.16. The fraction of sp³-hybridized carbons (Fsp3) is 0.208. The van der Waals surface area contributed by atoms with Crippen LogP contribution in [-0.2, 0) is 14.8 Å². The molecule has 0 saturated carbocycles. The molecule has 0 aromatic heterocycles. The van der Waals surface area contributed by atoms with Crippen molar-refractivity contribution in [2.24, 2.45) is 0 Å². The first-order valence-corrected chi connectivity index (χ1v) is 11.4. The Morgan fingerprint density at radius 3 is 1.94 bits per heavy atom. The van der Waals surface area contributed by atoms with Crippen molar-refractivity contribution < 1.29 is 17.9 Å². The summed E-state index contributed by atoms with van der Waals surface area (Å²) < 4.78 is 34.3. The molecule has 7 heteroatoms. The topological polar surface area (TPSA) is 84.5 Å². The van der Waals surface area contributed by atoms with Gasteiger partial charge in [-0.25, -0.2) is 13.2 Å². The van der Waals surface area contributed by atoms with E-state index < -0.39 is 16.0 Å². The van der Waals surface area contributed by atoms with E-state index in [0.717, 1.165) is 16.8 Å². The van der Waals surface area contributed by atoms with Crippen LogP contribution in [0.1, 0.15) is 35.3 Å². The third-order valence-electron chi connectivity index (χ3n) is 4.48. The van der Waals surface area contributed by atoms with Gasteiger partial charge in [0.05, 0.1) is 17.4 Å². The molecule has 31 heavy (non-hydrogen) atoms. The van der Waals surface area contributed by atoms with Crippen LogP contribution in [-0.4, -0.2) is 20.5 Å². The molecule has 0 heterocycles. The van der Waals surface area contributed by atoms with Crippen LogP contribution in [0.15, 0.2) is 71.6 Å². The summed E-state index contributed by atoms with van der Waals surface area (Å²) in [5.74, 6) is -0.580. The molecule has 6 nitrogen and oxygen atoms in total. The molecule has 0 saturated heterocycles. The number of carbonyl (C=O) groups excluding carboxylic acids is 1. The van der Waals surface area contributed by atoms with Crippen LogP contribution in [0.2, 0.25) is 0 Å². The Morgan fingerprint density at radius 1 is 0.839 bits per heavy atom. The zero-order valence-electron chi connectivity index (χ0n) is 18.0. The number of carbonyl (C=O) groups is 1. The van der Waals surface area contributed by atoms with E-state index in [2.05, 4.69) is 10.0 Å². The number of aryl methyl sites for hydroxylation is 2. The Bertz CT molecular complexity index is 1170. The van der Waals surface area contributed by atoms with Crippen molar-refractivity contribution in [2.75, 3.05) is 10.0 Å². The van der Waals surface area contributed by atoms with Crippen molar-refractivity contribution in [1.82, 2.24) is 0 Å². The molecular weight excluding hydrogens is 412 g/mol. The number of rotatable bonds is 7. The molecule has 3 aromatic rings. The lowest BCUT2D eigenvalue weighted by atomic mass is 10.2. The van der Waals surface area contributed by atoms with E-state index in [1.807, 2.05) is 50.2 Å². The largest absolute Gasteiger partial charge is 0.459 e. The molecule has 0 amide bonds. The average molecular weight is 439 g/mol. The van der Waals surface area contributed by atoms with Crippen molar-refractivity contribution in [1.29, 1.82) is 0 Å². The summed E-state index contributed by atoms with van der Waals surface area (Å²) in [6.45, 7) is 7.37. The molecule has 0 unspecified atom stereocenters. The molecule has 3 rings (SSSR count). The molecule has 0 aliphatic rings. The predicted molar refractivity (Wildman–Crippen MR) is 123 cm³/mol. The Morgan fingerprint density at radius 2 is 1.39 bits per heavy atom. The monoisotopic (exact) mass is 438 g/mol. The lowest BCUT2D eigenvalue weighted by molar-refractivity contribution is 0.0377. The number of esters is 1. The van der Waals surface area contributed by atoms with Crippen LogP contribution >= 0.6 is 0 Å². The van der Waals surface area contributed by atoms with Crippen molar-refractivity contribution in [3.8, 4) is 0 Å². The SMILES string of the molecule is Cc1ccc(Nc2ccc(C(=O)OC(C)C)cc2S(=O)(=O)Nc2ccc(C)cc2)cc1. The highest BCUT2D eigenvalue weighted by atomic mass is 32.2. The minimum absolute atomic E-state index is 0.0492. The van der Waals surface area contributed by atoms with E-state index in [4.69, 9.17) is 4.74 Å². The minimum Gasteiger partial charge on any atom is -0.459 e. The first kappa shape index (κ1) is 22.4. The molecule has 0 aliphatic heterocycles. The van der Waals surface area contributed by atoms with Gasteiger partial charge in [0.15, 0.2) is 0 Å². The van der Waals surface area contributed by atoms with Crippen LogP contribution in [0.5, 0.6) is 0 Å². The van der Waals surface area contributed by atoms with Gasteiger partial charge in [-0.3, -0.25) is 4.72 Å². The van der Waals surface area contributed by atoms with Gasteiger partial charge in [-0.15, -0.1) is 0 Å². The van der Waals surface area contributed by atoms with Gasteiger partial charge in [0.2, 0.25) is 0 Å². The van der Waals surface area contributed by atoms with Gasteiger partial charge in [-0.2, -0.15) is 0 Å². The van der Waals surface area contributed by atoms with E-state index in [-0.39, 0.29) is 16.6 Å². The molecule has 162 valence electrons. The van der Waals surface area contributed by atoms with Gasteiger partial charge in [-0.05, 0) is 70.2 Å². The van der Waals surface area contributed by atoms with E-state index >= 15 is 0 Å². The number of nitrogens with one attached hydrogen (secondary N) is 2. The maximum atomic E-state index is 13.2. The van der Waals surface area contributed by atoms with Crippen molar-refractivity contribution >= 4 is 33.1 Å². The minimum atomic E-state index is -3.99. The van der Waals surface area contributed by atoms with Gasteiger partial charge in [0.1, 0.15) is 4.90 Å². The molecule has 2 N–H and O–H groups in total. The van der Waals surface area contributed by atoms with Gasteiger partial charge >= 0.3 is 5.97 Å². The fourth-order valence-corrected chi connectivity index (χ4v) is 4.13. The summed E-state index contributed by atoms with van der Waals surface area (Å²) in [6, 6.07) is 19.0. The summed E-state index contributed by atoms with van der Waals surface area (Å²) in [6.07, 6.45) is -0.316. The van der Waals surface area contributed by atoms with Crippen LogP contribution in [0.3, 0.4) is 0 Å². The smallest absolute Gasteiger partial charge is 0.338 e. The zero-order valence-corrected chi connectivity index (χ0v) is 18.8. The number of benzene rings is 3. The Labute approximate surface area is 183 Å². The summed E-state index contributed by atoms with van der Waals surface area (Å²) >= 11 is 0. The van der Waals surface area contributed by atoms with E-state index in [1.165, 1.54) is 6.07 Å². The third-order valence-corrected chi connectivity index (χ3v) is 5.91. The van der Waals surface area contributed by atoms with E-state index in [9.17, 15) is 13.2 Å². The quantitative estimate of drug-likeness (QED) is 0.482. The molecule has 0 radical (unpaired) electrons. The number of sulfonamides is 1. The number of hydrogen-bond acceptors (Lipinski definition) is 5. The first-order valence-electron chi connectivity index (χ1n) is 9.92. The molecule has 0 bridgehead atoms. The van der Waals surface area contributed by atoms with Crippen molar-refractivity contribution in [3.05, 3.63) is 83.4 Å². The summed E-state index contributed by atoms with van der Waals surface area (Å²) in [7, 11) is -3.99. The standard InChI is InChI=1S/C24H26N2O4S/c1-16(2)30-24(27)19-9-14-22(25-20-10-5-17(3)6-11-20)23(15-19)31(28,29)26-21-12-7-18(4)8-13-21/h5-16,25-26H,1-4H3. The first-order chi connectivity index (χ1) is 14.6. The van der Waals surface area contributed by atoms with Gasteiger partial charge in [-0.1, -0.05) is 35.4 Å². The maximum Gasteiger partial charge on any atom is 0.338 e. The highest BCUT2D eigenvalue weighted by Gasteiger charge is 2.22. The molecule has 0 aliphatic carbocycles. The second-order valence-electron chi connectivity index (χ2n) is 7.63. The predicted octanol–water partition coefficient (Wildman–Crippen LogP) is 5.41. The van der Waals surface area contributed by atoms with Crippen molar-refractivity contribution in [2.45, 2.75) is 38.7 Å². The highest BCUT2D eigenvalue weighted by Crippen LogP contribution is 2.29. The number of hydrogen-bond donors (Lipinski definition) is 2. The summed E-state index contributed by atoms with van der Waals surface area (Å²) in [5, 5.41) is 3.14. The van der Waals surface area contributed by atoms with E-state index in [0.29, 0.717) is 11.4 Å². The second kappa shape index (κ2) is 9.22. The Balaban J connectivity index is 2.02. The third kappa shape index (κ3) is 5.86. The summed E-state index contributed by atoms with van der Waals surface area (Å²) in [4.78, 5) is 12.3. The van der Waals surface area contributed by atoms with Crippen LogP contribution in [0, 0.1) is 13.8 Å².